The van der Waals surface area contributed by atoms with Crippen LogP contribution in [0.1, 0.15) is 26.4 Å². The molecule has 7 nitrogen and oxygen atoms in total. The Labute approximate surface area is 187 Å². The molecule has 1 amide bonds. The molecule has 0 atom stereocenters. The molecule has 0 unspecified atom stereocenters. The van der Waals surface area contributed by atoms with Crippen molar-refractivity contribution >= 4 is 32.3 Å². The van der Waals surface area contributed by atoms with Gasteiger partial charge in [0, 0.05) is 36.6 Å². The summed E-state index contributed by atoms with van der Waals surface area (Å²) in [6.45, 7) is 9.12. The van der Waals surface area contributed by atoms with E-state index in [9.17, 15) is 18.5 Å². The highest BCUT2D eigenvalue weighted by Gasteiger charge is 2.25. The fourth-order valence-corrected chi connectivity index (χ4v) is 6.05. The lowest BCUT2D eigenvalue weighted by Gasteiger charge is -2.21. The smallest absolute Gasteiger partial charge is 0.256 e. The summed E-state index contributed by atoms with van der Waals surface area (Å²) in [6.07, 6.45) is 3.79. The summed E-state index contributed by atoms with van der Waals surface area (Å²) in [4.78, 5) is 16.1. The molecule has 1 aliphatic rings. The molecule has 1 N–H and O–H groups in total. The van der Waals surface area contributed by atoms with Gasteiger partial charge in [0.15, 0.2) is 0 Å². The first kappa shape index (κ1) is 22.9. The Morgan fingerprint density at radius 3 is 2.52 bits per heavy atom. The first-order valence-electron chi connectivity index (χ1n) is 9.68. The number of likely N-dealkylation sites (N-methyl/N-ethyl adjacent to an activating group) is 1. The second-order valence-corrected chi connectivity index (χ2v) is 10.2. The fourth-order valence-electron chi connectivity index (χ4n) is 3.40. The molecule has 0 fully saturated rings. The number of nitrogens with one attached hydrogen (secondary N) is 1. The van der Waals surface area contributed by atoms with Gasteiger partial charge in [-0.2, -0.15) is 9.57 Å². The number of anilines is 1. The highest BCUT2D eigenvalue weighted by Crippen LogP contribution is 2.36. The van der Waals surface area contributed by atoms with Gasteiger partial charge in [0.1, 0.15) is 11.1 Å². The lowest BCUT2D eigenvalue weighted by atomic mass is 10.0. The van der Waals surface area contributed by atoms with Crippen molar-refractivity contribution in [3.05, 3.63) is 71.1 Å². The van der Waals surface area contributed by atoms with Crippen LogP contribution in [0.2, 0.25) is 0 Å². The van der Waals surface area contributed by atoms with E-state index in [2.05, 4.69) is 29.4 Å². The highest BCUT2D eigenvalue weighted by molar-refractivity contribution is 7.89. The standard InChI is InChI=1S/C22H24N4O3S2/c1-4-11-26(12-5-2)31(28,29)17-8-6-16(7-9-17)21(27)24-22-19(14-23)18-10-13-25(3)15-20(18)30-22/h4-9H,1-2,10-13,15H2,3H3,(H,24,27). The maximum Gasteiger partial charge on any atom is 0.256 e. The second kappa shape index (κ2) is 9.58. The Morgan fingerprint density at radius 1 is 1.29 bits per heavy atom. The van der Waals surface area contributed by atoms with Crippen molar-refractivity contribution in [3.63, 3.8) is 0 Å². The molecule has 9 heteroatoms. The van der Waals surface area contributed by atoms with Gasteiger partial charge in [-0.3, -0.25) is 4.79 Å². The van der Waals surface area contributed by atoms with Crippen molar-refractivity contribution in [2.24, 2.45) is 0 Å². The Bertz CT molecular complexity index is 1130. The van der Waals surface area contributed by atoms with E-state index in [0.717, 1.165) is 30.0 Å². The van der Waals surface area contributed by atoms with Crippen LogP contribution in [-0.4, -0.2) is 50.2 Å². The quantitative estimate of drug-likeness (QED) is 0.616. The van der Waals surface area contributed by atoms with Gasteiger partial charge in [0.25, 0.3) is 5.91 Å². The van der Waals surface area contributed by atoms with Gasteiger partial charge in [-0.1, -0.05) is 12.2 Å². The zero-order chi connectivity index (χ0) is 22.6. The summed E-state index contributed by atoms with van der Waals surface area (Å²) >= 11 is 1.42. The fraction of sp³-hybridized carbons (Fsp3) is 0.273. The minimum atomic E-state index is -3.73. The van der Waals surface area contributed by atoms with E-state index in [4.69, 9.17) is 0 Å². The van der Waals surface area contributed by atoms with E-state index < -0.39 is 10.0 Å². The molecule has 0 aliphatic carbocycles. The van der Waals surface area contributed by atoms with Crippen molar-refractivity contribution in [2.75, 3.05) is 32.0 Å². The summed E-state index contributed by atoms with van der Waals surface area (Å²) in [7, 11) is -1.71. The van der Waals surface area contributed by atoms with Crippen LogP contribution in [0.4, 0.5) is 5.00 Å². The van der Waals surface area contributed by atoms with Crippen LogP contribution in [0.25, 0.3) is 0 Å². The van der Waals surface area contributed by atoms with Crippen molar-refractivity contribution in [3.8, 4) is 6.07 Å². The zero-order valence-corrected chi connectivity index (χ0v) is 18.9. The Kier molecular flexibility index (Phi) is 7.08. The number of thiophene rings is 1. The number of carbonyl (C=O) groups is 1. The predicted molar refractivity (Wildman–Crippen MR) is 123 cm³/mol. The first-order chi connectivity index (χ1) is 14.8. The molecule has 0 bridgehead atoms. The number of nitriles is 1. The third-order valence-corrected chi connectivity index (χ3v) is 7.98. The number of amides is 1. The van der Waals surface area contributed by atoms with E-state index in [1.807, 2.05) is 7.05 Å². The van der Waals surface area contributed by atoms with Crippen LogP contribution < -0.4 is 5.32 Å². The van der Waals surface area contributed by atoms with Crippen LogP contribution in [0, 0.1) is 11.3 Å². The maximum absolute atomic E-state index is 12.8. The summed E-state index contributed by atoms with van der Waals surface area (Å²) in [6, 6.07) is 7.96. The normalized spacial score (nSPS) is 14.0. The molecule has 162 valence electrons. The van der Waals surface area contributed by atoms with Crippen LogP contribution in [0.15, 0.2) is 54.5 Å². The van der Waals surface area contributed by atoms with E-state index in [1.54, 1.807) is 0 Å². The van der Waals surface area contributed by atoms with Crippen molar-refractivity contribution in [2.45, 2.75) is 17.9 Å². The molecule has 2 heterocycles. The largest absolute Gasteiger partial charge is 0.312 e. The minimum absolute atomic E-state index is 0.0834. The van der Waals surface area contributed by atoms with Crippen molar-refractivity contribution in [1.82, 2.24) is 9.21 Å². The van der Waals surface area contributed by atoms with Crippen molar-refractivity contribution < 1.29 is 13.2 Å². The third kappa shape index (κ3) is 4.78. The number of hydrogen-bond donors (Lipinski definition) is 1. The molecular formula is C22H24N4O3S2. The SMILES string of the molecule is C=CCN(CC=C)S(=O)(=O)c1ccc(C(=O)Nc2sc3c(c2C#N)CCN(C)C3)cc1. The molecule has 31 heavy (non-hydrogen) atoms. The topological polar surface area (TPSA) is 93.5 Å². The average molecular weight is 457 g/mol. The van der Waals surface area contributed by atoms with Crippen LogP contribution in [-0.2, 0) is 23.0 Å². The molecule has 0 saturated heterocycles. The molecule has 1 aliphatic heterocycles. The first-order valence-corrected chi connectivity index (χ1v) is 11.9. The van der Waals surface area contributed by atoms with E-state index in [1.165, 1.54) is 52.1 Å². The number of carbonyl (C=O) groups excluding carboxylic acids is 1. The maximum atomic E-state index is 12.8. The van der Waals surface area contributed by atoms with E-state index in [-0.39, 0.29) is 23.9 Å². The molecule has 1 aromatic carbocycles. The average Bonchev–Trinajstić information content (AvgIpc) is 3.09. The van der Waals surface area contributed by atoms with Gasteiger partial charge in [0.05, 0.1) is 10.5 Å². The Morgan fingerprint density at radius 2 is 1.94 bits per heavy atom. The Balaban J connectivity index is 1.81. The van der Waals surface area contributed by atoms with Gasteiger partial charge in [0.2, 0.25) is 10.0 Å². The molecule has 1 aromatic heterocycles. The number of rotatable bonds is 8. The van der Waals surface area contributed by atoms with Gasteiger partial charge >= 0.3 is 0 Å². The lowest BCUT2D eigenvalue weighted by Crippen LogP contribution is -2.31. The van der Waals surface area contributed by atoms with Gasteiger partial charge < -0.3 is 10.2 Å². The van der Waals surface area contributed by atoms with Gasteiger partial charge in [-0.05, 0) is 43.3 Å². The minimum Gasteiger partial charge on any atom is -0.312 e. The highest BCUT2D eigenvalue weighted by atomic mass is 32.2. The summed E-state index contributed by atoms with van der Waals surface area (Å²) in [5, 5.41) is 12.9. The number of fused-ring (bicyclic) bond motifs is 1. The predicted octanol–water partition coefficient (Wildman–Crippen LogP) is 3.22. The molecular weight excluding hydrogens is 432 g/mol. The van der Waals surface area contributed by atoms with Crippen LogP contribution in [0.3, 0.4) is 0 Å². The monoisotopic (exact) mass is 456 g/mol. The van der Waals surface area contributed by atoms with Crippen LogP contribution in [0.5, 0.6) is 0 Å². The molecule has 3 rings (SSSR count). The molecule has 0 saturated carbocycles. The Hall–Kier alpha value is -2.77. The van der Waals surface area contributed by atoms with Gasteiger partial charge in [-0.15, -0.1) is 24.5 Å². The number of nitrogens with zero attached hydrogens (tertiary/aromatic N) is 3. The molecule has 0 radical (unpaired) electrons. The number of benzene rings is 1. The van der Waals surface area contributed by atoms with E-state index in [0.29, 0.717) is 16.1 Å². The van der Waals surface area contributed by atoms with E-state index >= 15 is 0 Å². The zero-order valence-electron chi connectivity index (χ0n) is 17.3. The second-order valence-electron chi connectivity index (χ2n) is 7.19. The molecule has 0 spiro atoms. The third-order valence-electron chi connectivity index (χ3n) is 5.01. The van der Waals surface area contributed by atoms with Gasteiger partial charge in [-0.25, -0.2) is 8.42 Å². The molecule has 2 aromatic rings. The lowest BCUT2D eigenvalue weighted by molar-refractivity contribution is 0.102. The summed E-state index contributed by atoms with van der Waals surface area (Å²) < 4.78 is 26.8. The number of sulfonamides is 1. The van der Waals surface area contributed by atoms with Crippen molar-refractivity contribution in [1.29, 1.82) is 5.26 Å². The summed E-state index contributed by atoms with van der Waals surface area (Å²) in [5.74, 6) is -0.388. The number of hydrogen-bond acceptors (Lipinski definition) is 6. The van der Waals surface area contributed by atoms with Crippen LogP contribution >= 0.6 is 11.3 Å². The summed E-state index contributed by atoms with van der Waals surface area (Å²) in [5.41, 5.74) is 1.84.